The molecule has 0 saturated carbocycles. The number of nitrogens with zero attached hydrogens (tertiary/aromatic N) is 1. The van der Waals surface area contributed by atoms with E-state index < -0.39 is 11.0 Å². The maximum Gasteiger partial charge on any atom is 0.314 e. The Labute approximate surface area is 185 Å². The van der Waals surface area contributed by atoms with E-state index in [1.54, 1.807) is 0 Å². The summed E-state index contributed by atoms with van der Waals surface area (Å²) in [5.74, 6) is -0.727. The van der Waals surface area contributed by atoms with Crippen LogP contribution >= 0.6 is 0 Å². The second kappa shape index (κ2) is 9.65. The van der Waals surface area contributed by atoms with Gasteiger partial charge in [0.1, 0.15) is 12.2 Å². The highest BCUT2D eigenvalue weighted by atomic mass is 16.6. The summed E-state index contributed by atoms with van der Waals surface area (Å²) in [4.78, 5) is 28.4. The number of hydrogen-bond donors (Lipinski definition) is 0. The average Bonchev–Trinajstić information content (AvgIpc) is 3.01. The molecule has 2 aromatic rings. The molecule has 5 heteroatoms. The minimum atomic E-state index is -0.925. The summed E-state index contributed by atoms with van der Waals surface area (Å²) < 4.78 is 11.3. The number of likely N-dealkylation sites (tertiary alicyclic amines) is 1. The molecule has 5 nitrogen and oxygen atoms in total. The quantitative estimate of drug-likeness (QED) is 0.609. The molecule has 0 amide bonds. The fourth-order valence-electron chi connectivity index (χ4n) is 4.21. The molecule has 1 aliphatic heterocycles. The Bertz CT molecular complexity index is 875. The zero-order chi connectivity index (χ0) is 22.5. The van der Waals surface area contributed by atoms with Crippen molar-refractivity contribution in [1.29, 1.82) is 0 Å². The summed E-state index contributed by atoms with van der Waals surface area (Å²) in [7, 11) is 0. The van der Waals surface area contributed by atoms with Crippen molar-refractivity contribution in [1.82, 2.24) is 4.90 Å². The van der Waals surface area contributed by atoms with Gasteiger partial charge in [-0.15, -0.1) is 0 Å². The van der Waals surface area contributed by atoms with Crippen LogP contribution < -0.4 is 0 Å². The molecule has 0 spiro atoms. The molecule has 0 aliphatic carbocycles. The Morgan fingerprint density at radius 3 is 2.16 bits per heavy atom. The van der Waals surface area contributed by atoms with Gasteiger partial charge in [0.25, 0.3) is 0 Å². The molecule has 0 aromatic heterocycles. The summed E-state index contributed by atoms with van der Waals surface area (Å²) in [5, 5.41) is 0. The van der Waals surface area contributed by atoms with Crippen molar-refractivity contribution >= 4 is 11.9 Å². The Kier molecular flexibility index (Phi) is 7.16. The summed E-state index contributed by atoms with van der Waals surface area (Å²) in [6.07, 6.45) is 0.0182. The van der Waals surface area contributed by atoms with Crippen LogP contribution in [0, 0.1) is 11.3 Å². The van der Waals surface area contributed by atoms with Gasteiger partial charge in [0.15, 0.2) is 0 Å². The van der Waals surface area contributed by atoms with Crippen molar-refractivity contribution in [3.63, 3.8) is 0 Å². The lowest BCUT2D eigenvalue weighted by molar-refractivity contribution is -0.170. The van der Waals surface area contributed by atoms with E-state index in [-0.39, 0.29) is 30.9 Å². The van der Waals surface area contributed by atoms with Crippen LogP contribution in [0.2, 0.25) is 0 Å². The zero-order valence-electron chi connectivity index (χ0n) is 19.0. The minimum absolute atomic E-state index is 0.0182. The van der Waals surface area contributed by atoms with Crippen molar-refractivity contribution in [3.8, 4) is 0 Å². The molecule has 31 heavy (non-hydrogen) atoms. The van der Waals surface area contributed by atoms with Crippen molar-refractivity contribution in [3.05, 3.63) is 71.8 Å². The molecule has 0 radical (unpaired) electrons. The third kappa shape index (κ3) is 6.17. The van der Waals surface area contributed by atoms with Crippen LogP contribution in [0.25, 0.3) is 0 Å². The average molecular weight is 424 g/mol. The first-order valence-electron chi connectivity index (χ1n) is 10.9. The molecule has 2 atom stereocenters. The highest BCUT2D eigenvalue weighted by molar-refractivity contribution is 5.84. The number of carbonyl (C=O) groups excluding carboxylic acids is 2. The Morgan fingerprint density at radius 1 is 1.00 bits per heavy atom. The van der Waals surface area contributed by atoms with Gasteiger partial charge in [0.05, 0.1) is 11.8 Å². The van der Waals surface area contributed by atoms with E-state index in [0.717, 1.165) is 18.7 Å². The number of ether oxygens (including phenoxy) is 2. The van der Waals surface area contributed by atoms with Crippen LogP contribution in [0.5, 0.6) is 0 Å². The maximum atomic E-state index is 13.4. The molecule has 3 rings (SSSR count). The fourth-order valence-corrected chi connectivity index (χ4v) is 4.21. The van der Waals surface area contributed by atoms with Crippen LogP contribution in [-0.2, 0) is 32.2 Å². The number of esters is 2. The van der Waals surface area contributed by atoms with Crippen molar-refractivity contribution in [2.75, 3.05) is 13.1 Å². The molecule has 1 unspecified atom stereocenters. The van der Waals surface area contributed by atoms with Gasteiger partial charge >= 0.3 is 11.9 Å². The van der Waals surface area contributed by atoms with Crippen molar-refractivity contribution < 1.29 is 19.1 Å². The first-order chi connectivity index (χ1) is 14.7. The fraction of sp³-hybridized carbons (Fsp3) is 0.462. The Morgan fingerprint density at radius 2 is 1.58 bits per heavy atom. The van der Waals surface area contributed by atoms with Gasteiger partial charge < -0.3 is 9.47 Å². The van der Waals surface area contributed by atoms with Crippen LogP contribution in [0.3, 0.4) is 0 Å². The van der Waals surface area contributed by atoms with E-state index in [9.17, 15) is 9.59 Å². The lowest BCUT2D eigenvalue weighted by Gasteiger charge is -2.31. The van der Waals surface area contributed by atoms with E-state index >= 15 is 0 Å². The zero-order valence-corrected chi connectivity index (χ0v) is 19.0. The Balaban J connectivity index is 1.78. The van der Waals surface area contributed by atoms with Crippen LogP contribution in [0.1, 0.15) is 45.2 Å². The SMILES string of the molecule is CC1CN(Cc2ccccc2)C[C@]1(CC(=O)OC(C)(C)C)C(=O)OCc1ccccc1. The molecule has 1 saturated heterocycles. The minimum Gasteiger partial charge on any atom is -0.460 e. The number of rotatable bonds is 7. The summed E-state index contributed by atoms with van der Waals surface area (Å²) in [6.45, 7) is 9.66. The lowest BCUT2D eigenvalue weighted by Crippen LogP contribution is -2.43. The van der Waals surface area contributed by atoms with Gasteiger partial charge in [-0.25, -0.2) is 0 Å². The summed E-state index contributed by atoms with van der Waals surface area (Å²) in [6, 6.07) is 19.8. The predicted molar refractivity (Wildman–Crippen MR) is 120 cm³/mol. The van der Waals surface area contributed by atoms with E-state index in [4.69, 9.17) is 9.47 Å². The normalized spacial score (nSPS) is 21.6. The lowest BCUT2D eigenvalue weighted by atomic mass is 9.76. The Hall–Kier alpha value is -2.66. The molecule has 1 fully saturated rings. The molecular formula is C26H33NO4. The molecule has 2 aromatic carbocycles. The second-order valence-electron chi connectivity index (χ2n) is 9.54. The first-order valence-corrected chi connectivity index (χ1v) is 10.9. The molecule has 1 heterocycles. The van der Waals surface area contributed by atoms with Crippen LogP contribution in [0.15, 0.2) is 60.7 Å². The predicted octanol–water partition coefficient (Wildman–Crippen LogP) is 4.60. The van der Waals surface area contributed by atoms with Gasteiger partial charge in [-0.1, -0.05) is 67.6 Å². The number of carbonyl (C=O) groups is 2. The third-order valence-corrected chi connectivity index (χ3v) is 5.73. The van der Waals surface area contributed by atoms with E-state index in [1.807, 2.05) is 76.2 Å². The number of hydrogen-bond acceptors (Lipinski definition) is 5. The monoisotopic (exact) mass is 423 g/mol. The molecular weight excluding hydrogens is 390 g/mol. The highest BCUT2D eigenvalue weighted by Crippen LogP contribution is 2.42. The van der Waals surface area contributed by atoms with E-state index in [0.29, 0.717) is 6.54 Å². The number of benzene rings is 2. The van der Waals surface area contributed by atoms with Gasteiger partial charge in [0.2, 0.25) is 0 Å². The smallest absolute Gasteiger partial charge is 0.314 e. The molecule has 166 valence electrons. The second-order valence-corrected chi connectivity index (χ2v) is 9.54. The van der Waals surface area contributed by atoms with Crippen LogP contribution in [0.4, 0.5) is 0 Å². The largest absolute Gasteiger partial charge is 0.460 e. The van der Waals surface area contributed by atoms with Crippen molar-refractivity contribution in [2.45, 2.75) is 52.9 Å². The molecule has 0 bridgehead atoms. The van der Waals surface area contributed by atoms with Gasteiger partial charge in [-0.05, 0) is 37.8 Å². The van der Waals surface area contributed by atoms with Crippen molar-refractivity contribution in [2.24, 2.45) is 11.3 Å². The molecule has 0 N–H and O–H groups in total. The van der Waals surface area contributed by atoms with Gasteiger partial charge in [-0.2, -0.15) is 0 Å². The van der Waals surface area contributed by atoms with Gasteiger partial charge in [0, 0.05) is 19.6 Å². The maximum absolute atomic E-state index is 13.4. The van der Waals surface area contributed by atoms with Gasteiger partial charge in [-0.3, -0.25) is 14.5 Å². The third-order valence-electron chi connectivity index (χ3n) is 5.73. The first kappa shape index (κ1) is 23.0. The van der Waals surface area contributed by atoms with E-state index in [2.05, 4.69) is 17.0 Å². The summed E-state index contributed by atoms with van der Waals surface area (Å²) >= 11 is 0. The highest BCUT2D eigenvalue weighted by Gasteiger charge is 2.53. The molecule has 1 aliphatic rings. The van der Waals surface area contributed by atoms with Crippen LogP contribution in [-0.4, -0.2) is 35.5 Å². The van der Waals surface area contributed by atoms with E-state index in [1.165, 1.54) is 5.56 Å². The summed E-state index contributed by atoms with van der Waals surface area (Å²) in [5.41, 5.74) is 0.583. The topological polar surface area (TPSA) is 55.8 Å². The standard InChI is InChI=1S/C26H33NO4/c1-20-16-27(17-21-11-7-5-8-12-21)19-26(20,15-23(28)31-25(2,3)4)24(29)30-18-22-13-9-6-10-14-22/h5-14,20H,15-19H2,1-4H3/t20?,26-/m0/s1.